The molecule has 2 heterocycles. The molecule has 0 saturated carbocycles. The maximum Gasteiger partial charge on any atom is 0.136 e. The fourth-order valence-corrected chi connectivity index (χ4v) is 9.41. The van der Waals surface area contributed by atoms with Crippen LogP contribution in [0.25, 0.3) is 85.9 Å². The molecule has 2 aromatic heterocycles. The third-order valence-corrected chi connectivity index (χ3v) is 11.8. The largest absolute Gasteiger partial charge is 0.456 e. The standard InChI is InChI=1S/C50H31NOS/c1-2-11-32(12-3-1)33-25-27-36(28-26-33)51(37-29-30-39-35(31-37)24-23-34-13-4-5-14-38(34)39)43-18-10-22-47-50(43)49-41(17-9-21-46(49)53-47)40-16-8-20-45-48(40)42-15-6-7-19-44(42)52-45/h1-31H. The average molecular weight is 694 g/mol. The lowest BCUT2D eigenvalue weighted by atomic mass is 9.94. The zero-order valence-electron chi connectivity index (χ0n) is 28.7. The van der Waals surface area contributed by atoms with Crippen molar-refractivity contribution in [3.8, 4) is 22.3 Å². The van der Waals surface area contributed by atoms with E-state index in [-0.39, 0.29) is 0 Å². The van der Waals surface area contributed by atoms with Crippen LogP contribution in [0.1, 0.15) is 0 Å². The third-order valence-electron chi connectivity index (χ3n) is 10.7. The first-order valence-electron chi connectivity index (χ1n) is 18.0. The maximum absolute atomic E-state index is 6.37. The van der Waals surface area contributed by atoms with Gasteiger partial charge in [0, 0.05) is 42.3 Å². The van der Waals surface area contributed by atoms with E-state index >= 15 is 0 Å². The molecule has 0 aliphatic rings. The van der Waals surface area contributed by atoms with Gasteiger partial charge < -0.3 is 9.32 Å². The second-order valence-electron chi connectivity index (χ2n) is 13.6. The summed E-state index contributed by atoms with van der Waals surface area (Å²) in [4.78, 5) is 2.45. The number of fused-ring (bicyclic) bond motifs is 9. The molecule has 11 aromatic rings. The molecular formula is C50H31NOS. The molecule has 3 heteroatoms. The summed E-state index contributed by atoms with van der Waals surface area (Å²) in [6, 6.07) is 68.0. The van der Waals surface area contributed by atoms with Crippen LogP contribution in [0, 0.1) is 0 Å². The molecular weight excluding hydrogens is 663 g/mol. The Balaban J connectivity index is 1.18. The second kappa shape index (κ2) is 11.9. The molecule has 0 spiro atoms. The second-order valence-corrected chi connectivity index (χ2v) is 14.7. The molecule has 0 unspecified atom stereocenters. The number of nitrogens with zero attached hydrogens (tertiary/aromatic N) is 1. The van der Waals surface area contributed by atoms with Gasteiger partial charge >= 0.3 is 0 Å². The number of hydrogen-bond donors (Lipinski definition) is 0. The molecule has 248 valence electrons. The lowest BCUT2D eigenvalue weighted by Crippen LogP contribution is -2.10. The normalized spacial score (nSPS) is 11.8. The van der Waals surface area contributed by atoms with Crippen LogP contribution >= 0.6 is 11.3 Å². The van der Waals surface area contributed by atoms with Crippen molar-refractivity contribution in [2.45, 2.75) is 0 Å². The zero-order chi connectivity index (χ0) is 34.9. The van der Waals surface area contributed by atoms with Crippen LogP contribution in [0.2, 0.25) is 0 Å². The molecule has 0 fully saturated rings. The van der Waals surface area contributed by atoms with Gasteiger partial charge in [0.1, 0.15) is 11.2 Å². The van der Waals surface area contributed by atoms with E-state index < -0.39 is 0 Å². The average Bonchev–Trinajstić information content (AvgIpc) is 3.81. The molecule has 0 aliphatic carbocycles. The van der Waals surface area contributed by atoms with Gasteiger partial charge in [-0.2, -0.15) is 0 Å². The fraction of sp³-hybridized carbons (Fsp3) is 0. The molecule has 0 amide bonds. The molecule has 0 bridgehead atoms. The predicted molar refractivity (Wildman–Crippen MR) is 227 cm³/mol. The van der Waals surface area contributed by atoms with E-state index in [0.29, 0.717) is 0 Å². The van der Waals surface area contributed by atoms with Crippen molar-refractivity contribution in [3.05, 3.63) is 188 Å². The van der Waals surface area contributed by atoms with Gasteiger partial charge in [-0.15, -0.1) is 11.3 Å². The molecule has 0 N–H and O–H groups in total. The Hall–Kier alpha value is -6.68. The van der Waals surface area contributed by atoms with Crippen molar-refractivity contribution in [1.82, 2.24) is 0 Å². The van der Waals surface area contributed by atoms with Gasteiger partial charge in [0.05, 0.1) is 5.69 Å². The van der Waals surface area contributed by atoms with E-state index in [1.807, 2.05) is 17.4 Å². The number of benzene rings is 9. The number of furan rings is 1. The summed E-state index contributed by atoms with van der Waals surface area (Å²) >= 11 is 1.86. The van der Waals surface area contributed by atoms with E-state index in [1.165, 1.54) is 64.0 Å². The van der Waals surface area contributed by atoms with Crippen molar-refractivity contribution in [1.29, 1.82) is 0 Å². The highest BCUT2D eigenvalue weighted by Crippen LogP contribution is 2.49. The predicted octanol–water partition coefficient (Wildman–Crippen LogP) is 15.1. The summed E-state index contributed by atoms with van der Waals surface area (Å²) in [6.07, 6.45) is 0. The van der Waals surface area contributed by atoms with Crippen LogP contribution < -0.4 is 4.90 Å². The molecule has 0 saturated heterocycles. The van der Waals surface area contributed by atoms with Crippen LogP contribution in [0.5, 0.6) is 0 Å². The van der Waals surface area contributed by atoms with Crippen molar-refractivity contribution < 1.29 is 4.42 Å². The van der Waals surface area contributed by atoms with Crippen LogP contribution in [0.4, 0.5) is 17.1 Å². The minimum Gasteiger partial charge on any atom is -0.456 e. The summed E-state index contributed by atoms with van der Waals surface area (Å²) in [5.41, 5.74) is 9.99. The van der Waals surface area contributed by atoms with Crippen LogP contribution in [-0.2, 0) is 0 Å². The number of rotatable bonds is 5. The van der Waals surface area contributed by atoms with Gasteiger partial charge in [0.25, 0.3) is 0 Å². The van der Waals surface area contributed by atoms with Gasteiger partial charge in [0.2, 0.25) is 0 Å². The van der Waals surface area contributed by atoms with Crippen LogP contribution in [0.15, 0.2) is 192 Å². The zero-order valence-corrected chi connectivity index (χ0v) is 29.5. The monoisotopic (exact) mass is 693 g/mol. The minimum atomic E-state index is 0.907. The smallest absolute Gasteiger partial charge is 0.136 e. The van der Waals surface area contributed by atoms with Gasteiger partial charge in [0.15, 0.2) is 0 Å². The van der Waals surface area contributed by atoms with Crippen LogP contribution in [0.3, 0.4) is 0 Å². The Kier molecular flexibility index (Phi) is 6.76. The number of para-hydroxylation sites is 1. The highest BCUT2D eigenvalue weighted by molar-refractivity contribution is 7.26. The molecule has 2 nitrogen and oxygen atoms in total. The lowest BCUT2D eigenvalue weighted by molar-refractivity contribution is 0.669. The highest BCUT2D eigenvalue weighted by Gasteiger charge is 2.22. The molecule has 0 aliphatic heterocycles. The molecule has 53 heavy (non-hydrogen) atoms. The molecule has 9 aromatic carbocycles. The maximum atomic E-state index is 6.37. The lowest BCUT2D eigenvalue weighted by Gasteiger charge is -2.27. The van der Waals surface area contributed by atoms with Gasteiger partial charge in [-0.05, 0) is 98.4 Å². The summed E-state index contributed by atoms with van der Waals surface area (Å²) in [5.74, 6) is 0. The number of anilines is 3. The SMILES string of the molecule is c1ccc(-c2ccc(N(c3ccc4c(ccc5ccccc54)c3)c3cccc4sc5cccc(-c6cccc7oc8ccccc8c67)c5c34)cc2)cc1. The van der Waals surface area contributed by atoms with Crippen molar-refractivity contribution in [2.24, 2.45) is 0 Å². The van der Waals surface area contributed by atoms with Crippen molar-refractivity contribution >= 4 is 92.1 Å². The first kappa shape index (κ1) is 30.0. The van der Waals surface area contributed by atoms with E-state index in [1.54, 1.807) is 0 Å². The van der Waals surface area contributed by atoms with E-state index in [2.05, 4.69) is 187 Å². The summed E-state index contributed by atoms with van der Waals surface area (Å²) in [5, 5.41) is 9.80. The molecule has 0 radical (unpaired) electrons. The third kappa shape index (κ3) is 4.78. The Morgan fingerprint density at radius 2 is 1.00 bits per heavy atom. The molecule has 0 atom stereocenters. The van der Waals surface area contributed by atoms with Gasteiger partial charge in [-0.25, -0.2) is 0 Å². The summed E-state index contributed by atoms with van der Waals surface area (Å²) < 4.78 is 8.89. The van der Waals surface area contributed by atoms with Crippen LogP contribution in [-0.4, -0.2) is 0 Å². The number of thiophene rings is 1. The topological polar surface area (TPSA) is 16.4 Å². The number of hydrogen-bond acceptors (Lipinski definition) is 3. The summed E-state index contributed by atoms with van der Waals surface area (Å²) in [7, 11) is 0. The van der Waals surface area contributed by atoms with Crippen molar-refractivity contribution in [2.75, 3.05) is 4.90 Å². The van der Waals surface area contributed by atoms with Crippen molar-refractivity contribution in [3.63, 3.8) is 0 Å². The Morgan fingerprint density at radius 1 is 0.377 bits per heavy atom. The quantitative estimate of drug-likeness (QED) is 0.167. The summed E-state index contributed by atoms with van der Waals surface area (Å²) in [6.45, 7) is 0. The van der Waals surface area contributed by atoms with Gasteiger partial charge in [-0.1, -0.05) is 133 Å². The van der Waals surface area contributed by atoms with E-state index in [4.69, 9.17) is 4.42 Å². The van der Waals surface area contributed by atoms with E-state index in [9.17, 15) is 0 Å². The Morgan fingerprint density at radius 3 is 1.87 bits per heavy atom. The molecule has 11 rings (SSSR count). The Bertz CT molecular complexity index is 3170. The fourth-order valence-electron chi connectivity index (χ4n) is 8.26. The van der Waals surface area contributed by atoms with Gasteiger partial charge in [-0.3, -0.25) is 0 Å². The minimum absolute atomic E-state index is 0.907. The van der Waals surface area contributed by atoms with E-state index in [0.717, 1.165) is 39.0 Å². The highest BCUT2D eigenvalue weighted by atomic mass is 32.1. The first-order valence-corrected chi connectivity index (χ1v) is 18.8. The first-order chi connectivity index (χ1) is 26.3. The Labute approximate surface area is 310 Å².